The molecule has 1 aromatic carbocycles. The molecule has 1 rings (SSSR count). The Bertz CT molecular complexity index is 524. The van der Waals surface area contributed by atoms with Gasteiger partial charge in [0.1, 0.15) is 0 Å². The van der Waals surface area contributed by atoms with Crippen LogP contribution in [0.25, 0.3) is 0 Å². The first-order valence-corrected chi connectivity index (χ1v) is 7.83. The van der Waals surface area contributed by atoms with E-state index in [1.165, 1.54) is 24.3 Å². The molecule has 7 nitrogen and oxygen atoms in total. The van der Waals surface area contributed by atoms with Gasteiger partial charge in [0.15, 0.2) is 4.73 Å². The van der Waals surface area contributed by atoms with E-state index in [2.05, 4.69) is 5.32 Å². The van der Waals surface area contributed by atoms with Crippen molar-refractivity contribution in [3.8, 4) is 0 Å². The van der Waals surface area contributed by atoms with Crippen molar-refractivity contribution >= 4 is 35.9 Å². The second kappa shape index (κ2) is 7.44. The van der Waals surface area contributed by atoms with Crippen LogP contribution in [0.5, 0.6) is 0 Å². The molecule has 0 saturated carbocycles. The minimum absolute atomic E-state index is 0.0423. The number of hydrogen-bond acceptors (Lipinski definition) is 6. The Balaban J connectivity index is 2.82. The Kier molecular flexibility index (Phi) is 6.22. The molecule has 0 aromatic heterocycles. The summed E-state index contributed by atoms with van der Waals surface area (Å²) < 4.78 is 22.4. The van der Waals surface area contributed by atoms with Gasteiger partial charge in [-0.05, 0) is 26.0 Å². The van der Waals surface area contributed by atoms with Gasteiger partial charge in [-0.15, -0.1) is 0 Å². The fraction of sp³-hybridized carbons (Fsp3) is 0.364. The molecule has 0 fully saturated rings. The fourth-order valence-corrected chi connectivity index (χ4v) is 3.04. The molecule has 0 unspecified atom stereocenters. The third-order valence-electron chi connectivity index (χ3n) is 2.18. The Morgan fingerprint density at radius 2 is 1.80 bits per heavy atom. The third-order valence-corrected chi connectivity index (χ3v) is 4.75. The van der Waals surface area contributed by atoms with Crippen molar-refractivity contribution in [3.05, 3.63) is 34.4 Å². The van der Waals surface area contributed by atoms with Crippen molar-refractivity contribution in [2.75, 3.05) is 18.5 Å². The lowest BCUT2D eigenvalue weighted by Crippen LogP contribution is -2.14. The van der Waals surface area contributed by atoms with Crippen LogP contribution in [-0.2, 0) is 13.6 Å². The molecule has 0 bridgehead atoms. The molecular weight excluding hydrogens is 303 g/mol. The summed E-state index contributed by atoms with van der Waals surface area (Å²) in [6, 6.07) is 5.56. The van der Waals surface area contributed by atoms with Gasteiger partial charge in [0.05, 0.1) is 18.1 Å². The van der Waals surface area contributed by atoms with Crippen LogP contribution in [0.15, 0.2) is 24.3 Å². The molecule has 0 atom stereocenters. The smallest absolute Gasteiger partial charge is 0.340 e. The van der Waals surface area contributed by atoms with Crippen LogP contribution in [0.2, 0.25) is 0 Å². The highest BCUT2D eigenvalue weighted by Crippen LogP contribution is 2.49. The number of rotatable bonds is 7. The van der Waals surface area contributed by atoms with E-state index in [9.17, 15) is 14.7 Å². The number of nitro benzene ring substituents is 1. The number of non-ortho nitro benzene ring substituents is 1. The van der Waals surface area contributed by atoms with Crippen LogP contribution in [0.1, 0.15) is 13.8 Å². The number of thiocarbonyl (C=S) groups is 1. The van der Waals surface area contributed by atoms with Gasteiger partial charge >= 0.3 is 7.60 Å². The standard InChI is InChI=1S/C11H15N2O5PS/c1-3-17-19(16,18-4-2)11(20)12-9-5-7-10(8-6-9)13(14)15/h5-8H,3-4H2,1-2H3,(H,12,20). The molecule has 110 valence electrons. The quantitative estimate of drug-likeness (QED) is 0.356. The SMILES string of the molecule is CCOP(=O)(OCC)C(=S)Nc1ccc([N+](=O)[O-])cc1. The van der Waals surface area contributed by atoms with Gasteiger partial charge in [0, 0.05) is 17.8 Å². The number of nitrogens with zero attached hydrogens (tertiary/aromatic N) is 1. The minimum atomic E-state index is -3.52. The average molecular weight is 318 g/mol. The van der Waals surface area contributed by atoms with Crippen molar-refractivity contribution in [2.45, 2.75) is 13.8 Å². The van der Waals surface area contributed by atoms with Crippen LogP contribution in [0, 0.1) is 10.1 Å². The molecule has 1 N–H and O–H groups in total. The van der Waals surface area contributed by atoms with Crippen LogP contribution in [-0.4, -0.2) is 22.9 Å². The van der Waals surface area contributed by atoms with Crippen LogP contribution in [0.3, 0.4) is 0 Å². The second-order valence-electron chi connectivity index (χ2n) is 3.57. The van der Waals surface area contributed by atoms with Crippen molar-refractivity contribution < 1.29 is 18.5 Å². The van der Waals surface area contributed by atoms with Gasteiger partial charge in [0.2, 0.25) is 0 Å². The largest absolute Gasteiger partial charge is 0.388 e. The van der Waals surface area contributed by atoms with E-state index in [0.29, 0.717) is 5.69 Å². The molecule has 0 heterocycles. The molecule has 9 heteroatoms. The number of benzene rings is 1. The van der Waals surface area contributed by atoms with Gasteiger partial charge < -0.3 is 14.4 Å². The van der Waals surface area contributed by atoms with Crippen molar-refractivity contribution in [3.63, 3.8) is 0 Å². The molecule has 20 heavy (non-hydrogen) atoms. The molecule has 0 aliphatic heterocycles. The predicted octanol–water partition coefficient (Wildman–Crippen LogP) is 3.56. The lowest BCUT2D eigenvalue weighted by Gasteiger charge is -2.18. The monoisotopic (exact) mass is 318 g/mol. The second-order valence-corrected chi connectivity index (χ2v) is 6.24. The first-order chi connectivity index (χ1) is 9.42. The predicted molar refractivity (Wildman–Crippen MR) is 80.2 cm³/mol. The van der Waals surface area contributed by atoms with Crippen LogP contribution < -0.4 is 5.32 Å². The normalized spacial score (nSPS) is 11.1. The highest BCUT2D eigenvalue weighted by atomic mass is 32.1. The summed E-state index contributed by atoms with van der Waals surface area (Å²) in [5.41, 5.74) is 0.430. The van der Waals surface area contributed by atoms with E-state index < -0.39 is 12.5 Å². The minimum Gasteiger partial charge on any atom is -0.340 e. The van der Waals surface area contributed by atoms with E-state index in [4.69, 9.17) is 21.3 Å². The molecule has 1 aromatic rings. The number of nitro groups is 1. The molecule has 0 radical (unpaired) electrons. The van der Waals surface area contributed by atoms with Gasteiger partial charge in [-0.25, -0.2) is 0 Å². The molecule has 0 saturated heterocycles. The summed E-state index contributed by atoms with van der Waals surface area (Å²) in [6.07, 6.45) is 0. The van der Waals surface area contributed by atoms with E-state index in [0.717, 1.165) is 0 Å². The number of anilines is 1. The van der Waals surface area contributed by atoms with E-state index in [1.807, 2.05) is 0 Å². The molecule has 0 amide bonds. The first-order valence-electron chi connectivity index (χ1n) is 5.88. The third kappa shape index (κ3) is 4.35. The Labute approximate surface area is 122 Å². The Hall–Kier alpha value is -1.34. The average Bonchev–Trinajstić information content (AvgIpc) is 2.39. The van der Waals surface area contributed by atoms with Crippen LogP contribution >= 0.6 is 19.8 Å². The summed E-state index contributed by atoms with van der Waals surface area (Å²) >= 11 is 5.03. The zero-order valence-electron chi connectivity index (χ0n) is 11.1. The number of hydrogen-bond donors (Lipinski definition) is 1. The van der Waals surface area contributed by atoms with Crippen molar-refractivity contribution in [2.24, 2.45) is 0 Å². The summed E-state index contributed by atoms with van der Waals surface area (Å²) in [7, 11) is -3.52. The summed E-state index contributed by atoms with van der Waals surface area (Å²) in [4.78, 5) is 10.0. The summed E-state index contributed by atoms with van der Waals surface area (Å²) in [5.74, 6) is 0. The lowest BCUT2D eigenvalue weighted by molar-refractivity contribution is -0.384. The van der Waals surface area contributed by atoms with Gasteiger partial charge in [0.25, 0.3) is 5.69 Å². The maximum atomic E-state index is 12.3. The maximum absolute atomic E-state index is 12.3. The van der Waals surface area contributed by atoms with Crippen molar-refractivity contribution in [1.29, 1.82) is 0 Å². The molecule has 0 spiro atoms. The topological polar surface area (TPSA) is 90.7 Å². The molecule has 0 aliphatic rings. The maximum Gasteiger partial charge on any atom is 0.388 e. The lowest BCUT2D eigenvalue weighted by atomic mass is 10.3. The van der Waals surface area contributed by atoms with E-state index in [-0.39, 0.29) is 23.6 Å². The zero-order valence-corrected chi connectivity index (χ0v) is 12.8. The van der Waals surface area contributed by atoms with Gasteiger partial charge in [-0.1, -0.05) is 12.2 Å². The fourth-order valence-electron chi connectivity index (χ4n) is 1.35. The summed E-state index contributed by atoms with van der Waals surface area (Å²) in [6.45, 7) is 3.75. The van der Waals surface area contributed by atoms with Crippen LogP contribution in [0.4, 0.5) is 11.4 Å². The van der Waals surface area contributed by atoms with Gasteiger partial charge in [-0.3, -0.25) is 14.7 Å². The van der Waals surface area contributed by atoms with E-state index in [1.54, 1.807) is 13.8 Å². The Morgan fingerprint density at radius 1 is 1.30 bits per heavy atom. The van der Waals surface area contributed by atoms with Crippen molar-refractivity contribution in [1.82, 2.24) is 0 Å². The zero-order chi connectivity index (χ0) is 15.2. The Morgan fingerprint density at radius 3 is 2.20 bits per heavy atom. The van der Waals surface area contributed by atoms with Gasteiger partial charge in [-0.2, -0.15) is 0 Å². The van der Waals surface area contributed by atoms with E-state index >= 15 is 0 Å². The summed E-state index contributed by atoms with van der Waals surface area (Å²) in [5, 5.41) is 13.3. The number of nitrogens with one attached hydrogen (secondary N) is 1. The highest BCUT2D eigenvalue weighted by Gasteiger charge is 2.30. The molecular formula is C11H15N2O5PS. The molecule has 0 aliphatic carbocycles. The highest BCUT2D eigenvalue weighted by molar-refractivity contribution is 7.98. The first kappa shape index (κ1) is 16.7.